The lowest BCUT2D eigenvalue weighted by Gasteiger charge is -2.30. The van der Waals surface area contributed by atoms with E-state index in [2.05, 4.69) is 10.6 Å². The molecule has 2 heterocycles. The number of benzene rings is 3. The summed E-state index contributed by atoms with van der Waals surface area (Å²) >= 11 is 0. The fourth-order valence-corrected chi connectivity index (χ4v) is 4.83. The zero-order chi connectivity index (χ0) is 27.4. The summed E-state index contributed by atoms with van der Waals surface area (Å²) in [6, 6.07) is 26.3. The number of carbonyl (C=O) groups is 2. The molecule has 2 aromatic heterocycles. The third-order valence-electron chi connectivity index (χ3n) is 6.92. The van der Waals surface area contributed by atoms with Crippen molar-refractivity contribution in [1.82, 2.24) is 15.2 Å². The summed E-state index contributed by atoms with van der Waals surface area (Å²) in [5.74, 6) is 0.140. The minimum atomic E-state index is -1.36. The van der Waals surface area contributed by atoms with Crippen molar-refractivity contribution in [2.24, 2.45) is 0 Å². The lowest BCUT2D eigenvalue weighted by Crippen LogP contribution is -2.58. The molecule has 1 unspecified atom stereocenters. The second-order valence-electron chi connectivity index (χ2n) is 9.85. The molecule has 5 rings (SSSR count). The molecule has 0 aliphatic carbocycles. The minimum Gasteiger partial charge on any atom is -0.457 e. The first-order chi connectivity index (χ1) is 18.9. The van der Waals surface area contributed by atoms with Crippen LogP contribution in [0.3, 0.4) is 0 Å². The van der Waals surface area contributed by atoms with Crippen LogP contribution in [-0.4, -0.2) is 27.2 Å². The molecule has 0 aliphatic heterocycles. The molecule has 0 radical (unpaired) electrons. The number of ether oxygens (including phenoxy) is 1. The minimum absolute atomic E-state index is 0.0809. The highest BCUT2D eigenvalue weighted by molar-refractivity contribution is 5.92. The Labute approximate surface area is 226 Å². The zero-order valence-electron chi connectivity index (χ0n) is 21.9. The molecule has 200 valence electrons. The van der Waals surface area contributed by atoms with Crippen LogP contribution in [0.15, 0.2) is 95.5 Å². The third kappa shape index (κ3) is 5.66. The first-order valence-corrected chi connectivity index (χ1v) is 12.8. The molecule has 0 aliphatic rings. The van der Waals surface area contributed by atoms with E-state index in [1.807, 2.05) is 91.9 Å². The molecule has 3 N–H and O–H groups in total. The Morgan fingerprint density at radius 3 is 2.51 bits per heavy atom. The number of alkyl carbamates (subject to hydrolysis) is 1. The molecule has 0 fully saturated rings. The number of rotatable bonds is 9. The molecule has 5 aromatic rings. The number of aromatic nitrogens is 1. The Morgan fingerprint density at radius 2 is 1.74 bits per heavy atom. The summed E-state index contributed by atoms with van der Waals surface area (Å²) < 4.78 is 12.9. The number of furan rings is 1. The number of aliphatic hydroxyl groups is 1. The van der Waals surface area contributed by atoms with E-state index >= 15 is 0 Å². The van der Waals surface area contributed by atoms with Crippen LogP contribution in [0.25, 0.3) is 21.9 Å². The second-order valence-corrected chi connectivity index (χ2v) is 9.85. The largest absolute Gasteiger partial charge is 0.457 e. The predicted octanol–water partition coefficient (Wildman–Crippen LogP) is 5.44. The van der Waals surface area contributed by atoms with Crippen molar-refractivity contribution < 1.29 is 23.8 Å². The van der Waals surface area contributed by atoms with Crippen molar-refractivity contribution >= 4 is 33.9 Å². The van der Waals surface area contributed by atoms with E-state index in [4.69, 9.17) is 9.15 Å². The maximum Gasteiger partial charge on any atom is 0.408 e. The number of hydrogen-bond acceptors (Lipinski definition) is 5. The van der Waals surface area contributed by atoms with Crippen LogP contribution >= 0.6 is 0 Å². The monoisotopic (exact) mass is 525 g/mol. The topological polar surface area (TPSA) is 106 Å². The zero-order valence-corrected chi connectivity index (χ0v) is 21.9. The van der Waals surface area contributed by atoms with Crippen molar-refractivity contribution in [3.63, 3.8) is 0 Å². The lowest BCUT2D eigenvalue weighted by atomic mass is 9.91. The van der Waals surface area contributed by atoms with Gasteiger partial charge in [-0.05, 0) is 43.2 Å². The Balaban J connectivity index is 1.38. The van der Waals surface area contributed by atoms with Gasteiger partial charge < -0.3 is 29.5 Å². The van der Waals surface area contributed by atoms with E-state index in [1.54, 1.807) is 17.7 Å². The van der Waals surface area contributed by atoms with Crippen molar-refractivity contribution in [2.75, 3.05) is 0 Å². The molecule has 39 heavy (non-hydrogen) atoms. The van der Waals surface area contributed by atoms with E-state index in [0.717, 1.165) is 27.4 Å². The maximum atomic E-state index is 13.7. The van der Waals surface area contributed by atoms with E-state index in [0.29, 0.717) is 11.3 Å². The van der Waals surface area contributed by atoms with Gasteiger partial charge in [0.2, 0.25) is 5.91 Å². The summed E-state index contributed by atoms with van der Waals surface area (Å²) in [4.78, 5) is 26.8. The van der Waals surface area contributed by atoms with Gasteiger partial charge in [0.1, 0.15) is 23.6 Å². The normalized spacial score (nSPS) is 13.6. The molecule has 0 saturated heterocycles. The maximum absolute atomic E-state index is 13.7. The first-order valence-electron chi connectivity index (χ1n) is 12.8. The fraction of sp³-hybridized carbons (Fsp3) is 0.226. The highest BCUT2D eigenvalue weighted by Gasteiger charge is 2.37. The average Bonchev–Trinajstić information content (AvgIpc) is 3.53. The van der Waals surface area contributed by atoms with Crippen LogP contribution < -0.4 is 10.6 Å². The van der Waals surface area contributed by atoms with Gasteiger partial charge in [0, 0.05) is 23.4 Å². The van der Waals surface area contributed by atoms with Gasteiger partial charge in [-0.25, -0.2) is 4.79 Å². The molecule has 3 aromatic carbocycles. The highest BCUT2D eigenvalue weighted by Crippen LogP contribution is 2.26. The van der Waals surface area contributed by atoms with Gasteiger partial charge in [0.05, 0.1) is 11.6 Å². The van der Waals surface area contributed by atoms with E-state index in [1.165, 1.54) is 0 Å². The van der Waals surface area contributed by atoms with Crippen LogP contribution in [-0.2, 0) is 29.3 Å². The lowest BCUT2D eigenvalue weighted by molar-refractivity contribution is -0.127. The van der Waals surface area contributed by atoms with Crippen molar-refractivity contribution in [1.29, 1.82) is 0 Å². The molecule has 0 saturated carbocycles. The van der Waals surface area contributed by atoms with Gasteiger partial charge in [-0.3, -0.25) is 4.79 Å². The van der Waals surface area contributed by atoms with Crippen LogP contribution in [0, 0.1) is 0 Å². The summed E-state index contributed by atoms with van der Waals surface area (Å²) in [7, 11) is 0. The van der Waals surface area contributed by atoms with E-state index < -0.39 is 11.6 Å². The Morgan fingerprint density at radius 1 is 1.03 bits per heavy atom. The van der Waals surface area contributed by atoms with Crippen molar-refractivity contribution in [3.8, 4) is 0 Å². The highest BCUT2D eigenvalue weighted by atomic mass is 16.6. The smallest absolute Gasteiger partial charge is 0.408 e. The van der Waals surface area contributed by atoms with Gasteiger partial charge in [-0.15, -0.1) is 0 Å². The first kappa shape index (κ1) is 26.1. The molecule has 2 atom stereocenters. The quantitative estimate of drug-likeness (QED) is 0.238. The second kappa shape index (κ2) is 11.0. The average molecular weight is 526 g/mol. The molecular weight excluding hydrogens is 494 g/mol. The molecule has 0 spiro atoms. The number of aliphatic hydroxyl groups excluding tert-OH is 1. The Bertz CT molecular complexity index is 1570. The van der Waals surface area contributed by atoms with Gasteiger partial charge in [-0.1, -0.05) is 66.7 Å². The van der Waals surface area contributed by atoms with Crippen molar-refractivity contribution in [2.45, 2.75) is 45.2 Å². The van der Waals surface area contributed by atoms with E-state index in [-0.39, 0.29) is 31.7 Å². The number of para-hydroxylation sites is 2. The van der Waals surface area contributed by atoms with E-state index in [9.17, 15) is 14.7 Å². The van der Waals surface area contributed by atoms with Gasteiger partial charge >= 0.3 is 6.09 Å². The Hall–Kier alpha value is -4.56. The third-order valence-corrected chi connectivity index (χ3v) is 6.92. The van der Waals surface area contributed by atoms with Crippen LogP contribution in [0.4, 0.5) is 4.79 Å². The summed E-state index contributed by atoms with van der Waals surface area (Å²) in [5, 5.41) is 17.5. The summed E-state index contributed by atoms with van der Waals surface area (Å²) in [5.41, 5.74) is 1.93. The fourth-order valence-electron chi connectivity index (χ4n) is 4.83. The summed E-state index contributed by atoms with van der Waals surface area (Å²) in [6.45, 7) is 3.28. The van der Waals surface area contributed by atoms with Gasteiger partial charge in [-0.2, -0.15) is 0 Å². The predicted molar refractivity (Wildman–Crippen MR) is 149 cm³/mol. The number of amides is 2. The molecular formula is C31H31N3O5. The molecule has 8 heteroatoms. The molecule has 8 nitrogen and oxygen atoms in total. The number of carbonyl (C=O) groups excluding carboxylic acids is 2. The number of nitrogens with one attached hydrogen (secondary N) is 2. The van der Waals surface area contributed by atoms with Crippen LogP contribution in [0.1, 0.15) is 36.8 Å². The van der Waals surface area contributed by atoms with Crippen molar-refractivity contribution in [3.05, 3.63) is 108 Å². The number of hydrogen-bond donors (Lipinski definition) is 3. The SMILES string of the molecule is C[C@H](NC(=O)C(C)(Cc1cn(CO)c2ccccc12)NC(=O)OCc1cc2ccccc2o1)c1ccccc1. The number of fused-ring (bicyclic) bond motifs is 2. The Kier molecular flexibility index (Phi) is 7.38. The standard InChI is InChI=1S/C31H31N3O5/c1-21(22-10-4-3-5-11-22)32-29(36)31(2,17-24-18-34(20-35)27-14-8-7-13-26(24)27)33-30(37)38-19-25-16-23-12-6-9-15-28(23)39-25/h3-16,18,21,35H,17,19-20H2,1-2H3,(H,32,36)(H,33,37)/t21-,31?/m0/s1. The van der Waals surface area contributed by atoms with Gasteiger partial charge in [0.15, 0.2) is 6.61 Å². The van der Waals surface area contributed by atoms with Gasteiger partial charge in [0.25, 0.3) is 0 Å². The summed E-state index contributed by atoms with van der Waals surface area (Å²) in [6.07, 6.45) is 1.23. The van der Waals surface area contributed by atoms with Crippen LogP contribution in [0.2, 0.25) is 0 Å². The molecule has 2 amide bonds. The molecule has 0 bridgehead atoms. The van der Waals surface area contributed by atoms with Crippen LogP contribution in [0.5, 0.6) is 0 Å². The number of nitrogens with zero attached hydrogens (tertiary/aromatic N) is 1.